The summed E-state index contributed by atoms with van der Waals surface area (Å²) in [5.41, 5.74) is 12.3. The lowest BCUT2D eigenvalue weighted by Gasteiger charge is -2.25. The zero-order valence-corrected chi connectivity index (χ0v) is 18.2. The minimum Gasteiger partial charge on any atom is -0.507 e. The minimum absolute atomic E-state index is 0.159. The maximum atomic E-state index is 13.4. The van der Waals surface area contributed by atoms with Crippen molar-refractivity contribution in [2.45, 2.75) is 38.5 Å². The second-order valence-electron chi connectivity index (χ2n) is 7.97. The topological polar surface area (TPSA) is 151 Å². The Morgan fingerprint density at radius 1 is 0.594 bits per heavy atom. The third-order valence-electron chi connectivity index (χ3n) is 5.67. The van der Waals surface area contributed by atoms with Crippen LogP contribution in [0.15, 0.2) is 24.3 Å². The molecule has 0 saturated heterocycles. The van der Waals surface area contributed by atoms with Crippen molar-refractivity contribution in [2.75, 3.05) is 36.8 Å². The van der Waals surface area contributed by atoms with Crippen LogP contribution in [0.4, 0.5) is 11.4 Å². The lowest BCUT2D eigenvalue weighted by Crippen LogP contribution is -2.25. The fraction of sp³-hybridized carbons (Fsp3) is 0.417. The van der Waals surface area contributed by atoms with Crippen molar-refractivity contribution in [2.24, 2.45) is 11.5 Å². The quantitative estimate of drug-likeness (QED) is 0.186. The van der Waals surface area contributed by atoms with Crippen LogP contribution >= 0.6 is 0 Å². The Hall–Kier alpha value is -3.10. The number of hydrogen-bond donors (Lipinski definition) is 6. The molecule has 0 aliphatic heterocycles. The first kappa shape index (κ1) is 23.6. The smallest absolute Gasteiger partial charge is 0.200 e. The third-order valence-corrected chi connectivity index (χ3v) is 5.67. The number of hydrogen-bond acceptors (Lipinski definition) is 8. The van der Waals surface area contributed by atoms with Crippen molar-refractivity contribution in [3.05, 3.63) is 46.5 Å². The van der Waals surface area contributed by atoms with E-state index in [-0.39, 0.29) is 33.8 Å². The molecule has 2 aromatic rings. The standard InChI is InChI=1S/C24H32N4O4/c25-11-3-1-5-13-27-15-7-8-16(28-14-6-2-4-12-26)20-19(15)23(31)21-17(29)9-10-18(30)22(21)24(20)32/h7-10,27-30H,1-6,11-14,25-26H2. The highest BCUT2D eigenvalue weighted by Gasteiger charge is 2.37. The van der Waals surface area contributed by atoms with Crippen LogP contribution in [0.3, 0.4) is 0 Å². The first-order valence-electron chi connectivity index (χ1n) is 11.2. The largest absolute Gasteiger partial charge is 0.507 e. The Balaban J connectivity index is 1.97. The number of phenolic OH excluding ortho intramolecular Hbond substituents is 2. The predicted molar refractivity (Wildman–Crippen MR) is 126 cm³/mol. The molecular formula is C24H32N4O4. The molecule has 2 aromatic carbocycles. The summed E-state index contributed by atoms with van der Waals surface area (Å²) >= 11 is 0. The van der Waals surface area contributed by atoms with Gasteiger partial charge in [0.1, 0.15) is 11.5 Å². The molecule has 0 radical (unpaired) electrons. The SMILES string of the molecule is NCCCCCNc1ccc(NCCCCCN)c2c1C(=O)c1c(O)ccc(O)c1C2=O. The van der Waals surface area contributed by atoms with Gasteiger partial charge in [-0.3, -0.25) is 9.59 Å². The normalized spacial score (nSPS) is 12.4. The van der Waals surface area contributed by atoms with Gasteiger partial charge in [0, 0.05) is 24.5 Å². The van der Waals surface area contributed by atoms with E-state index in [4.69, 9.17) is 11.5 Å². The van der Waals surface area contributed by atoms with Crippen LogP contribution in [0.2, 0.25) is 0 Å². The van der Waals surface area contributed by atoms with E-state index < -0.39 is 11.6 Å². The molecule has 0 amide bonds. The molecule has 0 spiro atoms. The van der Waals surface area contributed by atoms with Gasteiger partial charge in [0.2, 0.25) is 11.6 Å². The van der Waals surface area contributed by atoms with Gasteiger partial charge in [0.05, 0.1) is 22.3 Å². The summed E-state index contributed by atoms with van der Waals surface area (Å²) in [6.07, 6.45) is 5.50. The van der Waals surface area contributed by atoms with Crippen LogP contribution in [-0.2, 0) is 0 Å². The fourth-order valence-electron chi connectivity index (χ4n) is 4.00. The number of nitrogens with two attached hydrogens (primary N) is 2. The summed E-state index contributed by atoms with van der Waals surface area (Å²) in [5.74, 6) is -1.62. The first-order chi connectivity index (χ1) is 15.5. The van der Waals surface area contributed by atoms with E-state index in [1.165, 1.54) is 12.1 Å². The number of unbranched alkanes of at least 4 members (excludes halogenated alkanes) is 4. The molecule has 0 heterocycles. The minimum atomic E-state index is -0.487. The number of nitrogens with one attached hydrogen (secondary N) is 2. The lowest BCUT2D eigenvalue weighted by atomic mass is 9.81. The summed E-state index contributed by atoms with van der Waals surface area (Å²) in [7, 11) is 0. The molecule has 0 aromatic heterocycles. The van der Waals surface area contributed by atoms with Crippen molar-refractivity contribution in [1.29, 1.82) is 0 Å². The molecule has 0 unspecified atom stereocenters. The summed E-state index contributed by atoms with van der Waals surface area (Å²) in [4.78, 5) is 26.9. The van der Waals surface area contributed by atoms with Gasteiger partial charge < -0.3 is 32.3 Å². The third kappa shape index (κ3) is 4.87. The predicted octanol–water partition coefficient (Wildman–Crippen LogP) is 2.96. The maximum Gasteiger partial charge on any atom is 0.200 e. The van der Waals surface area contributed by atoms with E-state index in [1.807, 2.05) is 0 Å². The van der Waals surface area contributed by atoms with E-state index in [2.05, 4.69) is 10.6 Å². The Bertz CT molecular complexity index is 912. The molecule has 0 fully saturated rings. The van der Waals surface area contributed by atoms with E-state index in [0.717, 1.165) is 38.5 Å². The number of fused-ring (bicyclic) bond motifs is 2. The number of ketones is 2. The van der Waals surface area contributed by atoms with Crippen LogP contribution in [0, 0.1) is 0 Å². The van der Waals surface area contributed by atoms with Gasteiger partial charge in [-0.25, -0.2) is 0 Å². The molecule has 8 heteroatoms. The number of phenols is 2. The first-order valence-corrected chi connectivity index (χ1v) is 11.2. The lowest BCUT2D eigenvalue weighted by molar-refractivity contribution is 0.0975. The van der Waals surface area contributed by atoms with Gasteiger partial charge in [-0.05, 0) is 63.0 Å². The van der Waals surface area contributed by atoms with Crippen LogP contribution in [0.25, 0.3) is 0 Å². The van der Waals surface area contributed by atoms with Gasteiger partial charge >= 0.3 is 0 Å². The van der Waals surface area contributed by atoms with Crippen molar-refractivity contribution in [3.63, 3.8) is 0 Å². The second-order valence-corrected chi connectivity index (χ2v) is 7.97. The highest BCUT2D eigenvalue weighted by atomic mass is 16.3. The van der Waals surface area contributed by atoms with E-state index >= 15 is 0 Å². The van der Waals surface area contributed by atoms with Crippen LogP contribution in [0.1, 0.15) is 70.4 Å². The molecule has 32 heavy (non-hydrogen) atoms. The summed E-state index contributed by atoms with van der Waals surface area (Å²) in [6, 6.07) is 6.01. The van der Waals surface area contributed by atoms with Crippen LogP contribution < -0.4 is 22.1 Å². The van der Waals surface area contributed by atoms with Crippen LogP contribution in [0.5, 0.6) is 11.5 Å². The highest BCUT2D eigenvalue weighted by Crippen LogP contribution is 2.42. The number of aromatic hydroxyl groups is 2. The van der Waals surface area contributed by atoms with Gasteiger partial charge in [-0.15, -0.1) is 0 Å². The molecule has 0 bridgehead atoms. The summed E-state index contributed by atoms with van der Waals surface area (Å²) in [5, 5.41) is 27.1. The second kappa shape index (κ2) is 11.0. The molecule has 0 saturated carbocycles. The van der Waals surface area contributed by atoms with E-state index in [9.17, 15) is 19.8 Å². The van der Waals surface area contributed by atoms with Gasteiger partial charge in [0.25, 0.3) is 0 Å². The molecule has 8 N–H and O–H groups in total. The van der Waals surface area contributed by atoms with Crippen molar-refractivity contribution in [1.82, 2.24) is 0 Å². The summed E-state index contributed by atoms with van der Waals surface area (Å²) in [6.45, 7) is 2.51. The molecule has 1 aliphatic carbocycles. The van der Waals surface area contributed by atoms with E-state index in [1.54, 1.807) is 12.1 Å². The number of carbonyl (C=O) groups excluding carboxylic acids is 2. The average molecular weight is 441 g/mol. The Kier molecular flexibility index (Phi) is 8.08. The van der Waals surface area contributed by atoms with Crippen molar-refractivity contribution < 1.29 is 19.8 Å². The van der Waals surface area contributed by atoms with Gasteiger partial charge in [-0.2, -0.15) is 0 Å². The Morgan fingerprint density at radius 2 is 1.00 bits per heavy atom. The zero-order chi connectivity index (χ0) is 23.1. The maximum absolute atomic E-state index is 13.4. The molecule has 3 rings (SSSR count). The molecule has 0 atom stereocenters. The fourth-order valence-corrected chi connectivity index (χ4v) is 4.00. The van der Waals surface area contributed by atoms with Crippen molar-refractivity contribution >= 4 is 22.9 Å². The number of rotatable bonds is 12. The van der Waals surface area contributed by atoms with E-state index in [0.29, 0.717) is 37.6 Å². The molecular weight excluding hydrogens is 408 g/mol. The van der Waals surface area contributed by atoms with Crippen LogP contribution in [-0.4, -0.2) is 48.0 Å². The number of anilines is 2. The van der Waals surface area contributed by atoms with Gasteiger partial charge in [-0.1, -0.05) is 12.8 Å². The molecule has 1 aliphatic rings. The number of carbonyl (C=O) groups is 2. The number of benzene rings is 2. The molecule has 8 nitrogen and oxygen atoms in total. The highest BCUT2D eigenvalue weighted by molar-refractivity contribution is 6.33. The van der Waals surface area contributed by atoms with Crippen molar-refractivity contribution in [3.8, 4) is 11.5 Å². The Labute approximate surface area is 188 Å². The Morgan fingerprint density at radius 3 is 1.38 bits per heavy atom. The average Bonchev–Trinajstić information content (AvgIpc) is 2.78. The zero-order valence-electron chi connectivity index (χ0n) is 18.2. The molecule has 172 valence electrons. The monoisotopic (exact) mass is 440 g/mol. The van der Waals surface area contributed by atoms with Gasteiger partial charge in [0.15, 0.2) is 0 Å². The summed E-state index contributed by atoms with van der Waals surface area (Å²) < 4.78 is 0.